The third-order valence-electron chi connectivity index (χ3n) is 3.00. The highest BCUT2D eigenvalue weighted by molar-refractivity contribution is 5.73. The van der Waals surface area contributed by atoms with Crippen LogP contribution in [0.5, 0.6) is 0 Å². The van der Waals surface area contributed by atoms with E-state index in [0.29, 0.717) is 12.6 Å². The van der Waals surface area contributed by atoms with Gasteiger partial charge in [0.2, 0.25) is 0 Å². The summed E-state index contributed by atoms with van der Waals surface area (Å²) in [5.41, 5.74) is 5.52. The lowest BCUT2D eigenvalue weighted by Crippen LogP contribution is -2.46. The zero-order valence-electron chi connectivity index (χ0n) is 8.78. The number of carboxylic acid groups (broad SMARTS) is 1. The topological polar surface area (TPSA) is 66.6 Å². The lowest BCUT2D eigenvalue weighted by atomic mass is 10.2. The monoisotopic (exact) mass is 200 g/mol. The Morgan fingerprint density at radius 2 is 2.14 bits per heavy atom. The van der Waals surface area contributed by atoms with Gasteiger partial charge >= 0.3 is 5.97 Å². The third-order valence-corrected chi connectivity index (χ3v) is 3.00. The Morgan fingerprint density at radius 3 is 2.57 bits per heavy atom. The lowest BCUT2D eigenvalue weighted by Gasteiger charge is -2.28. The number of aliphatic carboxylic acids is 1. The second-order valence-electron chi connectivity index (χ2n) is 3.97. The highest BCUT2D eigenvalue weighted by Crippen LogP contribution is 2.23. The molecule has 1 aliphatic carbocycles. The summed E-state index contributed by atoms with van der Waals surface area (Å²) in [5.74, 6) is -0.901. The molecule has 0 heterocycles. The molecule has 3 N–H and O–H groups in total. The molecule has 1 fully saturated rings. The Bertz CT molecular complexity index is 191. The summed E-state index contributed by atoms with van der Waals surface area (Å²) in [6, 6.07) is -0.180. The first-order valence-electron chi connectivity index (χ1n) is 5.37. The number of likely N-dealkylation sites (N-methyl/N-ethyl adjacent to an activating group) is 1. The maximum absolute atomic E-state index is 10.6. The van der Waals surface area contributed by atoms with Crippen LogP contribution in [0.3, 0.4) is 0 Å². The van der Waals surface area contributed by atoms with Gasteiger partial charge in [-0.05, 0) is 19.4 Å². The first-order valence-corrected chi connectivity index (χ1v) is 5.37. The molecule has 0 aliphatic heterocycles. The number of nitrogens with zero attached hydrogens (tertiary/aromatic N) is 1. The first kappa shape index (κ1) is 11.5. The molecule has 1 rings (SSSR count). The molecule has 1 aliphatic rings. The minimum atomic E-state index is -0.901. The molecule has 1 saturated carbocycles. The van der Waals surface area contributed by atoms with Gasteiger partial charge in [0.1, 0.15) is 6.04 Å². The summed E-state index contributed by atoms with van der Waals surface area (Å²) in [7, 11) is 0. The van der Waals surface area contributed by atoms with Gasteiger partial charge in [0, 0.05) is 12.6 Å². The van der Waals surface area contributed by atoms with Gasteiger partial charge in [-0.25, -0.2) is 0 Å². The zero-order chi connectivity index (χ0) is 10.6. The van der Waals surface area contributed by atoms with Gasteiger partial charge in [-0.2, -0.15) is 0 Å². The lowest BCUT2D eigenvalue weighted by molar-refractivity contribution is -0.139. The minimum Gasteiger partial charge on any atom is -0.480 e. The number of carboxylic acids is 1. The molecular weight excluding hydrogens is 180 g/mol. The highest BCUT2D eigenvalue weighted by Gasteiger charge is 2.24. The summed E-state index contributed by atoms with van der Waals surface area (Å²) in [4.78, 5) is 12.8. The molecule has 14 heavy (non-hydrogen) atoms. The van der Waals surface area contributed by atoms with Crippen LogP contribution in [0.4, 0.5) is 0 Å². The van der Waals surface area contributed by atoms with Crippen molar-refractivity contribution in [1.82, 2.24) is 4.90 Å². The predicted molar refractivity (Wildman–Crippen MR) is 55.1 cm³/mol. The van der Waals surface area contributed by atoms with Gasteiger partial charge in [0.05, 0.1) is 0 Å². The normalized spacial score (nSPS) is 20.2. The fourth-order valence-electron chi connectivity index (χ4n) is 2.14. The van der Waals surface area contributed by atoms with Crippen molar-refractivity contribution in [3.63, 3.8) is 0 Å². The Labute approximate surface area is 85.1 Å². The predicted octanol–water partition coefficient (Wildman–Crippen LogP) is 0.663. The summed E-state index contributed by atoms with van der Waals surface area (Å²) in [6.07, 6.45) is 4.92. The summed E-state index contributed by atoms with van der Waals surface area (Å²) in [6.45, 7) is 3.44. The summed E-state index contributed by atoms with van der Waals surface area (Å²) >= 11 is 0. The van der Waals surface area contributed by atoms with Crippen LogP contribution in [0.1, 0.15) is 32.6 Å². The SMILES string of the molecule is CCN(CC(N)C(=O)O)C1CCCC1. The largest absolute Gasteiger partial charge is 0.480 e. The first-order chi connectivity index (χ1) is 6.65. The van der Waals surface area contributed by atoms with Crippen molar-refractivity contribution in [1.29, 1.82) is 0 Å². The van der Waals surface area contributed by atoms with E-state index in [1.807, 2.05) is 0 Å². The van der Waals surface area contributed by atoms with E-state index < -0.39 is 12.0 Å². The van der Waals surface area contributed by atoms with Gasteiger partial charge in [0.15, 0.2) is 0 Å². The second-order valence-corrected chi connectivity index (χ2v) is 3.97. The van der Waals surface area contributed by atoms with E-state index in [1.54, 1.807) is 0 Å². The Balaban J connectivity index is 2.41. The molecule has 0 saturated heterocycles. The standard InChI is InChI=1S/C10H20N2O2/c1-2-12(7-9(11)10(13)14)8-5-3-4-6-8/h8-9H,2-7,11H2,1H3,(H,13,14). The van der Waals surface area contributed by atoms with E-state index in [1.165, 1.54) is 25.7 Å². The zero-order valence-corrected chi connectivity index (χ0v) is 8.78. The van der Waals surface area contributed by atoms with Crippen molar-refractivity contribution >= 4 is 5.97 Å². The number of carbonyl (C=O) groups is 1. The van der Waals surface area contributed by atoms with Gasteiger partial charge in [0.25, 0.3) is 0 Å². The fraction of sp³-hybridized carbons (Fsp3) is 0.900. The van der Waals surface area contributed by atoms with Crippen molar-refractivity contribution < 1.29 is 9.90 Å². The molecule has 0 amide bonds. The smallest absolute Gasteiger partial charge is 0.321 e. The summed E-state index contributed by atoms with van der Waals surface area (Å²) in [5, 5.41) is 8.72. The fourth-order valence-corrected chi connectivity index (χ4v) is 2.14. The summed E-state index contributed by atoms with van der Waals surface area (Å²) < 4.78 is 0. The van der Waals surface area contributed by atoms with E-state index >= 15 is 0 Å². The molecule has 82 valence electrons. The molecule has 4 heteroatoms. The van der Waals surface area contributed by atoms with Crippen molar-refractivity contribution in [2.75, 3.05) is 13.1 Å². The Hall–Kier alpha value is -0.610. The average Bonchev–Trinajstić information content (AvgIpc) is 2.66. The average molecular weight is 200 g/mol. The van der Waals surface area contributed by atoms with Gasteiger partial charge < -0.3 is 10.8 Å². The van der Waals surface area contributed by atoms with Crippen LogP contribution in [0.25, 0.3) is 0 Å². The molecule has 1 unspecified atom stereocenters. The number of rotatable bonds is 5. The van der Waals surface area contributed by atoms with Crippen molar-refractivity contribution in [3.05, 3.63) is 0 Å². The van der Waals surface area contributed by atoms with Gasteiger partial charge in [-0.3, -0.25) is 9.69 Å². The maximum atomic E-state index is 10.6. The number of nitrogens with two attached hydrogens (primary N) is 1. The van der Waals surface area contributed by atoms with Gasteiger partial charge in [-0.15, -0.1) is 0 Å². The van der Waals surface area contributed by atoms with Crippen LogP contribution in [0.2, 0.25) is 0 Å². The minimum absolute atomic E-state index is 0.483. The highest BCUT2D eigenvalue weighted by atomic mass is 16.4. The molecule has 0 bridgehead atoms. The van der Waals surface area contributed by atoms with Crippen molar-refractivity contribution in [2.24, 2.45) is 5.73 Å². The quantitative estimate of drug-likeness (QED) is 0.684. The number of hydrogen-bond donors (Lipinski definition) is 2. The van der Waals surface area contributed by atoms with Crippen LogP contribution >= 0.6 is 0 Å². The third kappa shape index (κ3) is 2.96. The number of hydrogen-bond acceptors (Lipinski definition) is 3. The van der Waals surface area contributed by atoms with E-state index in [4.69, 9.17) is 10.8 Å². The van der Waals surface area contributed by atoms with Crippen LogP contribution in [-0.4, -0.2) is 41.1 Å². The molecule has 0 aromatic carbocycles. The Morgan fingerprint density at radius 1 is 1.57 bits per heavy atom. The molecule has 0 radical (unpaired) electrons. The van der Waals surface area contributed by atoms with Crippen LogP contribution < -0.4 is 5.73 Å². The van der Waals surface area contributed by atoms with Gasteiger partial charge in [-0.1, -0.05) is 19.8 Å². The molecule has 0 aromatic heterocycles. The molecule has 0 aromatic rings. The van der Waals surface area contributed by atoms with Crippen LogP contribution in [-0.2, 0) is 4.79 Å². The second kappa shape index (κ2) is 5.32. The van der Waals surface area contributed by atoms with E-state index in [0.717, 1.165) is 6.54 Å². The molecule has 4 nitrogen and oxygen atoms in total. The Kier molecular flexibility index (Phi) is 4.35. The van der Waals surface area contributed by atoms with Crippen molar-refractivity contribution in [2.45, 2.75) is 44.7 Å². The van der Waals surface area contributed by atoms with E-state index in [9.17, 15) is 4.79 Å². The van der Waals surface area contributed by atoms with Crippen molar-refractivity contribution in [3.8, 4) is 0 Å². The van der Waals surface area contributed by atoms with Crippen LogP contribution in [0, 0.1) is 0 Å². The molecule has 1 atom stereocenters. The molecule has 0 spiro atoms. The van der Waals surface area contributed by atoms with Crippen LogP contribution in [0.15, 0.2) is 0 Å². The van der Waals surface area contributed by atoms with E-state index in [-0.39, 0.29) is 0 Å². The maximum Gasteiger partial charge on any atom is 0.321 e. The molecular formula is C10H20N2O2. The van der Waals surface area contributed by atoms with E-state index in [2.05, 4.69) is 11.8 Å².